The highest BCUT2D eigenvalue weighted by Crippen LogP contribution is 2.23. The predicted octanol–water partition coefficient (Wildman–Crippen LogP) is 5.04. The highest BCUT2D eigenvalue weighted by molar-refractivity contribution is 6.30. The number of benzene rings is 2. The van der Waals surface area contributed by atoms with Crippen molar-refractivity contribution in [2.45, 2.75) is 27.0 Å². The van der Waals surface area contributed by atoms with Crippen molar-refractivity contribution in [2.75, 3.05) is 11.4 Å². The fourth-order valence-electron chi connectivity index (χ4n) is 2.27. The van der Waals surface area contributed by atoms with E-state index in [9.17, 15) is 4.79 Å². The van der Waals surface area contributed by atoms with Gasteiger partial charge in [0.15, 0.2) is 6.23 Å². The minimum atomic E-state index is -0.753. The molecule has 0 spiro atoms. The largest absolute Gasteiger partial charge is 0.515 e. The van der Waals surface area contributed by atoms with E-state index < -0.39 is 12.4 Å². The van der Waals surface area contributed by atoms with Gasteiger partial charge in [-0.2, -0.15) is 0 Å². The molecular weight excluding hydrogens is 314 g/mol. The van der Waals surface area contributed by atoms with E-state index in [2.05, 4.69) is 0 Å². The molecule has 0 radical (unpaired) electrons. The third kappa shape index (κ3) is 4.63. The summed E-state index contributed by atoms with van der Waals surface area (Å²) in [6, 6.07) is 14.9. The van der Waals surface area contributed by atoms with E-state index in [-0.39, 0.29) is 0 Å². The molecule has 2 aromatic rings. The van der Waals surface area contributed by atoms with Crippen LogP contribution in [0.3, 0.4) is 0 Å². The second-order valence-electron chi connectivity index (χ2n) is 5.10. The Hall–Kier alpha value is -2.20. The molecule has 0 fully saturated rings. The van der Waals surface area contributed by atoms with Gasteiger partial charge < -0.3 is 14.4 Å². The maximum atomic E-state index is 12.0. The van der Waals surface area contributed by atoms with Gasteiger partial charge in [0, 0.05) is 17.3 Å². The fraction of sp³-hybridized carbons (Fsp3) is 0.278. The Morgan fingerprint density at radius 3 is 2.57 bits per heavy atom. The van der Waals surface area contributed by atoms with Crippen molar-refractivity contribution in [3.63, 3.8) is 0 Å². The normalized spacial score (nSPS) is 11.7. The van der Waals surface area contributed by atoms with Crippen molar-refractivity contribution in [3.8, 4) is 5.75 Å². The van der Waals surface area contributed by atoms with Crippen LogP contribution < -0.4 is 9.64 Å². The number of anilines is 1. The monoisotopic (exact) mass is 333 g/mol. The lowest BCUT2D eigenvalue weighted by molar-refractivity contribution is 0.0643. The van der Waals surface area contributed by atoms with E-state index in [0.29, 0.717) is 17.3 Å². The van der Waals surface area contributed by atoms with E-state index in [0.717, 1.165) is 11.3 Å². The van der Waals surface area contributed by atoms with Crippen LogP contribution >= 0.6 is 11.6 Å². The van der Waals surface area contributed by atoms with Gasteiger partial charge in [0.1, 0.15) is 5.75 Å². The number of halogens is 1. The first-order valence-electron chi connectivity index (χ1n) is 7.47. The van der Waals surface area contributed by atoms with E-state index in [1.807, 2.05) is 56.0 Å². The lowest BCUT2D eigenvalue weighted by atomic mass is 10.2. The molecule has 122 valence electrons. The third-order valence-corrected chi connectivity index (χ3v) is 3.71. The van der Waals surface area contributed by atoms with Gasteiger partial charge in [-0.1, -0.05) is 35.9 Å². The maximum Gasteiger partial charge on any atom is 0.515 e. The standard InChI is InChI=1S/C18H20ClNO3/c1-4-20(16-8-6-5-7-9-16)14(3)22-18(21)23-17-12-15(19)11-10-13(17)2/h5-12,14H,4H2,1-3H3. The van der Waals surface area contributed by atoms with Crippen molar-refractivity contribution in [3.05, 3.63) is 59.1 Å². The Kier molecular flexibility index (Phi) is 5.88. The third-order valence-electron chi connectivity index (χ3n) is 3.48. The second-order valence-corrected chi connectivity index (χ2v) is 5.54. The van der Waals surface area contributed by atoms with E-state index in [4.69, 9.17) is 21.1 Å². The molecule has 0 heterocycles. The molecule has 23 heavy (non-hydrogen) atoms. The Bertz CT molecular complexity index is 661. The van der Waals surface area contributed by atoms with Crippen molar-refractivity contribution in [1.82, 2.24) is 0 Å². The summed E-state index contributed by atoms with van der Waals surface area (Å²) in [6.07, 6.45) is -1.20. The van der Waals surface area contributed by atoms with Crippen LogP contribution in [0.15, 0.2) is 48.5 Å². The first kappa shape index (κ1) is 17.2. The summed E-state index contributed by atoms with van der Waals surface area (Å²) in [5.74, 6) is 0.400. The van der Waals surface area contributed by atoms with Crippen LogP contribution in [0.1, 0.15) is 19.4 Å². The van der Waals surface area contributed by atoms with Crippen LogP contribution in [0.4, 0.5) is 10.5 Å². The van der Waals surface area contributed by atoms with Crippen molar-refractivity contribution in [1.29, 1.82) is 0 Å². The molecule has 0 aliphatic heterocycles. The first-order valence-corrected chi connectivity index (χ1v) is 7.85. The summed E-state index contributed by atoms with van der Waals surface area (Å²) in [5, 5.41) is 0.505. The molecule has 0 aliphatic carbocycles. The maximum absolute atomic E-state index is 12.0. The molecule has 0 saturated heterocycles. The molecule has 4 nitrogen and oxygen atoms in total. The molecule has 2 rings (SSSR count). The average molecular weight is 334 g/mol. The fourth-order valence-corrected chi connectivity index (χ4v) is 2.43. The number of rotatable bonds is 5. The van der Waals surface area contributed by atoms with Gasteiger partial charge in [-0.05, 0) is 50.6 Å². The minimum absolute atomic E-state index is 0.400. The second kappa shape index (κ2) is 7.88. The highest BCUT2D eigenvalue weighted by atomic mass is 35.5. The van der Waals surface area contributed by atoms with Gasteiger partial charge >= 0.3 is 6.16 Å². The Labute approximate surface area is 141 Å². The van der Waals surface area contributed by atoms with Crippen LogP contribution in [0.25, 0.3) is 0 Å². The van der Waals surface area contributed by atoms with E-state index >= 15 is 0 Å². The van der Waals surface area contributed by atoms with Crippen molar-refractivity contribution in [2.24, 2.45) is 0 Å². The minimum Gasteiger partial charge on any atom is -0.410 e. The Morgan fingerprint density at radius 2 is 1.91 bits per heavy atom. The van der Waals surface area contributed by atoms with Crippen molar-refractivity contribution >= 4 is 23.4 Å². The number of nitrogens with zero attached hydrogens (tertiary/aromatic N) is 1. The number of ether oxygens (including phenoxy) is 2. The van der Waals surface area contributed by atoms with Crippen LogP contribution in [-0.2, 0) is 4.74 Å². The molecule has 0 N–H and O–H groups in total. The van der Waals surface area contributed by atoms with Gasteiger partial charge in [0.05, 0.1) is 0 Å². The van der Waals surface area contributed by atoms with Crippen molar-refractivity contribution < 1.29 is 14.3 Å². The highest BCUT2D eigenvalue weighted by Gasteiger charge is 2.19. The molecular formula is C18H20ClNO3. The molecule has 0 aliphatic rings. The van der Waals surface area contributed by atoms with Gasteiger partial charge in [0.2, 0.25) is 0 Å². The van der Waals surface area contributed by atoms with Crippen LogP contribution in [-0.4, -0.2) is 18.9 Å². The molecule has 1 atom stereocenters. The van der Waals surface area contributed by atoms with Gasteiger partial charge in [0.25, 0.3) is 0 Å². The number of aryl methyl sites for hydroxylation is 1. The number of carbonyl (C=O) groups is 1. The molecule has 1 unspecified atom stereocenters. The van der Waals surface area contributed by atoms with Gasteiger partial charge in [-0.3, -0.25) is 0 Å². The summed E-state index contributed by atoms with van der Waals surface area (Å²) in [5.41, 5.74) is 1.80. The number of carbonyl (C=O) groups excluding carboxylic acids is 1. The molecule has 5 heteroatoms. The quantitative estimate of drug-likeness (QED) is 0.436. The zero-order valence-electron chi connectivity index (χ0n) is 13.5. The summed E-state index contributed by atoms with van der Waals surface area (Å²) < 4.78 is 10.6. The molecule has 0 amide bonds. The van der Waals surface area contributed by atoms with Crippen LogP contribution in [0.2, 0.25) is 5.02 Å². The summed E-state index contributed by atoms with van der Waals surface area (Å²) >= 11 is 5.92. The zero-order valence-corrected chi connectivity index (χ0v) is 14.2. The predicted molar refractivity (Wildman–Crippen MR) is 92.2 cm³/mol. The molecule has 0 aromatic heterocycles. The lowest BCUT2D eigenvalue weighted by Gasteiger charge is -2.29. The van der Waals surface area contributed by atoms with Gasteiger partial charge in [-0.25, -0.2) is 4.79 Å². The molecule has 0 bridgehead atoms. The van der Waals surface area contributed by atoms with Crippen LogP contribution in [0, 0.1) is 6.92 Å². The molecule has 2 aromatic carbocycles. The first-order chi connectivity index (χ1) is 11.0. The topological polar surface area (TPSA) is 38.8 Å². The summed E-state index contributed by atoms with van der Waals surface area (Å²) in [7, 11) is 0. The number of para-hydroxylation sites is 1. The summed E-state index contributed by atoms with van der Waals surface area (Å²) in [6.45, 7) is 6.35. The Balaban J connectivity index is 2.02. The van der Waals surface area contributed by atoms with Crippen LogP contribution in [0.5, 0.6) is 5.75 Å². The van der Waals surface area contributed by atoms with E-state index in [1.54, 1.807) is 18.2 Å². The SMILES string of the molecule is CCN(c1ccccc1)C(C)OC(=O)Oc1cc(Cl)ccc1C. The smallest absolute Gasteiger partial charge is 0.410 e. The summed E-state index contributed by atoms with van der Waals surface area (Å²) in [4.78, 5) is 14.0. The average Bonchev–Trinajstić information content (AvgIpc) is 2.52. The van der Waals surface area contributed by atoms with E-state index in [1.165, 1.54) is 0 Å². The Morgan fingerprint density at radius 1 is 1.22 bits per heavy atom. The number of hydrogen-bond donors (Lipinski definition) is 0. The lowest BCUT2D eigenvalue weighted by Crippen LogP contribution is -2.37. The number of hydrogen-bond acceptors (Lipinski definition) is 4. The zero-order chi connectivity index (χ0) is 16.8. The molecule has 0 saturated carbocycles. The van der Waals surface area contributed by atoms with Gasteiger partial charge in [-0.15, -0.1) is 0 Å².